The van der Waals surface area contributed by atoms with Crippen LogP contribution in [0, 0.1) is 0 Å². The Morgan fingerprint density at radius 2 is 1.18 bits per heavy atom. The van der Waals surface area contributed by atoms with E-state index >= 15 is 0 Å². The number of phenols is 2. The number of rotatable bonds is 3. The van der Waals surface area contributed by atoms with Crippen LogP contribution in [-0.2, 0) is 25.5 Å². The van der Waals surface area contributed by atoms with Crippen molar-refractivity contribution in [1.29, 1.82) is 0 Å². The molecule has 0 saturated heterocycles. The summed E-state index contributed by atoms with van der Waals surface area (Å²) in [5.74, 6) is 0.568. The van der Waals surface area contributed by atoms with Crippen molar-refractivity contribution in [1.82, 2.24) is 0 Å². The summed E-state index contributed by atoms with van der Waals surface area (Å²) in [6.07, 6.45) is 2.12. The molecule has 0 aliphatic heterocycles. The Balaban J connectivity index is 0.000000346. The maximum atomic E-state index is 9.22. The van der Waals surface area contributed by atoms with Gasteiger partial charge in [-0.05, 0) is 48.5 Å². The molecule has 2 aromatic carbocycles. The summed E-state index contributed by atoms with van der Waals surface area (Å²) in [6.45, 7) is 0. The van der Waals surface area contributed by atoms with Gasteiger partial charge in [-0.25, -0.2) is 8.42 Å². The molecule has 120 valence electrons. The van der Waals surface area contributed by atoms with Crippen LogP contribution in [0.2, 0.25) is 0 Å². The van der Waals surface area contributed by atoms with Gasteiger partial charge >= 0.3 is 0 Å². The van der Waals surface area contributed by atoms with Gasteiger partial charge < -0.3 is 14.8 Å². The summed E-state index contributed by atoms with van der Waals surface area (Å²) in [4.78, 5) is 2.34. The number of phenolic OH excluding ortho intramolecular Hbond substituents is 2. The highest BCUT2D eigenvalue weighted by molar-refractivity contribution is 7.96. The molecule has 0 aliphatic rings. The van der Waals surface area contributed by atoms with Crippen molar-refractivity contribution in [2.24, 2.45) is 0 Å². The first-order valence-corrected chi connectivity index (χ1v) is 8.95. The Bertz CT molecular complexity index is 635. The highest BCUT2D eigenvalue weighted by Gasteiger charge is 2.18. The van der Waals surface area contributed by atoms with Crippen LogP contribution in [0.4, 0.5) is 0 Å². The highest BCUT2D eigenvalue weighted by Crippen LogP contribution is 2.24. The summed E-state index contributed by atoms with van der Waals surface area (Å²) in [5.41, 5.74) is 0. The lowest BCUT2D eigenvalue weighted by Gasteiger charge is -2.02. The molecular formula is C14H16O6S2. The predicted molar refractivity (Wildman–Crippen MR) is 82.7 cm³/mol. The second kappa shape index (κ2) is 8.04. The lowest BCUT2D eigenvalue weighted by Crippen LogP contribution is -1.99. The molecule has 0 aliphatic carbocycles. The van der Waals surface area contributed by atoms with E-state index in [-0.39, 0.29) is 22.4 Å². The van der Waals surface area contributed by atoms with Crippen molar-refractivity contribution < 1.29 is 27.4 Å². The molecule has 0 fully saturated rings. The molecule has 2 aromatic rings. The minimum Gasteiger partial charge on any atom is -0.726 e. The molecule has 2 rings (SSSR count). The molecule has 0 spiro atoms. The molecule has 8 heteroatoms. The molecule has 0 aromatic heterocycles. The van der Waals surface area contributed by atoms with Gasteiger partial charge in [-0.2, -0.15) is 0 Å². The number of aromatic hydroxyl groups is 2. The topological polar surface area (TPSA) is 107 Å². The third-order valence-corrected chi connectivity index (χ3v) is 4.95. The van der Waals surface area contributed by atoms with Gasteiger partial charge in [-0.15, -0.1) is 0 Å². The molecule has 0 radical (unpaired) electrons. The quantitative estimate of drug-likeness (QED) is 0.500. The van der Waals surface area contributed by atoms with Gasteiger partial charge in [0.2, 0.25) is 10.4 Å². The van der Waals surface area contributed by atoms with Crippen molar-refractivity contribution in [2.45, 2.75) is 9.79 Å². The van der Waals surface area contributed by atoms with Crippen LogP contribution in [0.15, 0.2) is 58.3 Å². The second-order valence-corrected chi connectivity index (χ2v) is 7.19. The number of benzene rings is 2. The number of hydrogen-bond donors (Lipinski definition) is 2. The molecule has 0 bridgehead atoms. The van der Waals surface area contributed by atoms with Crippen molar-refractivity contribution >= 4 is 21.3 Å². The maximum absolute atomic E-state index is 9.22. The fourth-order valence-corrected chi connectivity index (χ4v) is 2.80. The average molecular weight is 344 g/mol. The zero-order chi connectivity index (χ0) is 16.8. The second-order valence-electron chi connectivity index (χ2n) is 4.07. The smallest absolute Gasteiger partial charge is 0.217 e. The first-order valence-electron chi connectivity index (χ1n) is 5.98. The van der Waals surface area contributed by atoms with Crippen LogP contribution in [0.1, 0.15) is 0 Å². The first-order chi connectivity index (χ1) is 10.2. The van der Waals surface area contributed by atoms with Gasteiger partial charge in [-0.1, -0.05) is 0 Å². The Morgan fingerprint density at radius 1 is 0.909 bits per heavy atom. The highest BCUT2D eigenvalue weighted by atomic mass is 32.3. The summed E-state index contributed by atoms with van der Waals surface area (Å²) in [7, 11) is -3.64. The van der Waals surface area contributed by atoms with E-state index in [4.69, 9.17) is 0 Å². The van der Waals surface area contributed by atoms with Crippen molar-refractivity contribution in [3.05, 3.63) is 48.5 Å². The van der Waals surface area contributed by atoms with Crippen LogP contribution in [0.25, 0.3) is 0 Å². The Labute approximate surface area is 132 Å². The zero-order valence-electron chi connectivity index (χ0n) is 12.0. The van der Waals surface area contributed by atoms with Gasteiger partial charge in [0.15, 0.2) is 9.79 Å². The molecule has 0 unspecified atom stereocenters. The van der Waals surface area contributed by atoms with Gasteiger partial charge in [-0.3, -0.25) is 4.18 Å². The summed E-state index contributed by atoms with van der Waals surface area (Å²) in [6, 6.07) is 14.5. The fourth-order valence-electron chi connectivity index (χ4n) is 1.44. The molecule has 0 saturated carbocycles. The van der Waals surface area contributed by atoms with Gasteiger partial charge in [0.05, 0.1) is 18.0 Å². The molecular weight excluding hydrogens is 328 g/mol. The van der Waals surface area contributed by atoms with Gasteiger partial charge in [0.1, 0.15) is 17.8 Å². The van der Waals surface area contributed by atoms with E-state index in [1.807, 2.05) is 24.3 Å². The van der Waals surface area contributed by atoms with Crippen LogP contribution in [0.5, 0.6) is 11.5 Å². The van der Waals surface area contributed by atoms with Gasteiger partial charge in [0.25, 0.3) is 0 Å². The maximum Gasteiger partial charge on any atom is 0.217 e. The molecule has 2 N–H and O–H groups in total. The normalized spacial score (nSPS) is 10.9. The Kier molecular flexibility index (Phi) is 6.69. The average Bonchev–Trinajstić information content (AvgIpc) is 2.48. The molecule has 22 heavy (non-hydrogen) atoms. The summed E-state index contributed by atoms with van der Waals surface area (Å²) >= 11 is 0. The third-order valence-electron chi connectivity index (χ3n) is 2.58. The lowest BCUT2D eigenvalue weighted by atomic mass is 10.3. The molecule has 0 amide bonds. The van der Waals surface area contributed by atoms with Crippen molar-refractivity contribution in [3.63, 3.8) is 0 Å². The Hall–Kier alpha value is -1.74. The predicted octanol–water partition coefficient (Wildman–Crippen LogP) is 1.86. The fraction of sp³-hybridized carbons (Fsp3) is 0.143. The standard InChI is InChI=1S/C13H12O2S.CH4O4S/c1-16(12-6-2-10(14)3-7-12)13-8-4-11(15)5-9-13;1-5-6(2,3)4/h2-9H,1H3,(H-,14,15);1H3,(H,2,3,4). The summed E-state index contributed by atoms with van der Waals surface area (Å²) < 4.78 is 31.0. The van der Waals surface area contributed by atoms with Gasteiger partial charge in [0, 0.05) is 0 Å². The van der Waals surface area contributed by atoms with E-state index in [2.05, 4.69) is 10.4 Å². The Morgan fingerprint density at radius 3 is 1.41 bits per heavy atom. The van der Waals surface area contributed by atoms with E-state index in [1.165, 1.54) is 9.79 Å². The zero-order valence-corrected chi connectivity index (χ0v) is 13.6. The van der Waals surface area contributed by atoms with Crippen molar-refractivity contribution in [2.75, 3.05) is 13.4 Å². The third kappa shape index (κ3) is 6.35. The molecule has 0 atom stereocenters. The van der Waals surface area contributed by atoms with E-state index in [0.717, 1.165) is 7.11 Å². The minimum atomic E-state index is -4.41. The first kappa shape index (κ1) is 18.3. The van der Waals surface area contributed by atoms with Crippen LogP contribution in [0.3, 0.4) is 0 Å². The van der Waals surface area contributed by atoms with Crippen LogP contribution >= 0.6 is 0 Å². The van der Waals surface area contributed by atoms with Crippen molar-refractivity contribution in [3.8, 4) is 11.5 Å². The number of hydrogen-bond acceptors (Lipinski definition) is 6. The van der Waals surface area contributed by atoms with E-state index < -0.39 is 10.4 Å². The van der Waals surface area contributed by atoms with E-state index in [0.29, 0.717) is 0 Å². The largest absolute Gasteiger partial charge is 0.726 e. The molecule has 0 heterocycles. The summed E-state index contributed by atoms with van der Waals surface area (Å²) in [5, 5.41) is 18.4. The monoisotopic (exact) mass is 344 g/mol. The lowest BCUT2D eigenvalue weighted by molar-refractivity contribution is 0.314. The SMILES string of the molecule is COS(=O)(=O)[O-].C[S+](c1ccc(O)cc1)c1ccc(O)cc1. The van der Waals surface area contributed by atoms with E-state index in [9.17, 15) is 23.2 Å². The van der Waals surface area contributed by atoms with E-state index in [1.54, 1.807) is 24.3 Å². The minimum absolute atomic E-state index is 0.0356. The van der Waals surface area contributed by atoms with Crippen LogP contribution in [-0.4, -0.2) is 36.5 Å². The molecule has 6 nitrogen and oxygen atoms in total. The van der Waals surface area contributed by atoms with Crippen LogP contribution < -0.4 is 0 Å².